The van der Waals surface area contributed by atoms with Crippen molar-refractivity contribution in [2.24, 2.45) is 0 Å². The molecule has 37 heavy (non-hydrogen) atoms. The third-order valence-electron chi connectivity index (χ3n) is 6.90. The summed E-state index contributed by atoms with van der Waals surface area (Å²) in [6.07, 6.45) is 0. The molecule has 2 aliphatic rings. The first-order valence-electron chi connectivity index (χ1n) is 14.5. The lowest BCUT2D eigenvalue weighted by molar-refractivity contribution is 1.48. The Kier molecular flexibility index (Phi) is 10.7. The van der Waals surface area contributed by atoms with E-state index in [-0.39, 0.29) is 0 Å². The summed E-state index contributed by atoms with van der Waals surface area (Å²) in [5.74, 6) is 0. The number of rotatable bonds is 0. The van der Waals surface area contributed by atoms with Crippen LogP contribution in [-0.4, -0.2) is 8.07 Å². The lowest BCUT2D eigenvalue weighted by Crippen LogP contribution is -2.71. The molecule has 4 aromatic carbocycles. The number of fused-ring (bicyclic) bond motifs is 10. The van der Waals surface area contributed by atoms with Gasteiger partial charge in [-0.15, -0.1) is 0 Å². The second kappa shape index (κ2) is 13.1. The molecule has 0 atom stereocenters. The first-order chi connectivity index (χ1) is 18.0. The largest absolute Gasteiger partial charge is 0.182 e. The second-order valence-electron chi connectivity index (χ2n) is 8.95. The Bertz CT molecular complexity index is 1130. The van der Waals surface area contributed by atoms with Gasteiger partial charge < -0.3 is 0 Å². The molecule has 0 radical (unpaired) electrons. The summed E-state index contributed by atoms with van der Waals surface area (Å²) in [7, 11) is -2.28. The van der Waals surface area contributed by atoms with Gasteiger partial charge in [0, 0.05) is 0 Å². The van der Waals surface area contributed by atoms with E-state index in [2.05, 4.69) is 100 Å². The Morgan fingerprint density at radius 2 is 0.514 bits per heavy atom. The average Bonchev–Trinajstić information content (AvgIpc) is 3.38. The highest BCUT2D eigenvalue weighted by atomic mass is 28.3. The number of hydrogen-bond donors (Lipinski definition) is 0. The van der Waals surface area contributed by atoms with Crippen molar-refractivity contribution in [2.45, 2.75) is 83.1 Å². The van der Waals surface area contributed by atoms with Gasteiger partial charge in [0.05, 0.1) is 0 Å². The molecule has 4 aromatic rings. The molecule has 0 aromatic heterocycles. The van der Waals surface area contributed by atoms with E-state index in [0.29, 0.717) is 0 Å². The van der Waals surface area contributed by atoms with Gasteiger partial charge in [-0.05, 0) is 70.7 Å². The van der Waals surface area contributed by atoms with Crippen LogP contribution < -0.4 is 20.7 Å². The first-order valence-corrected chi connectivity index (χ1v) is 16.5. The molecule has 0 nitrogen and oxygen atoms in total. The summed E-state index contributed by atoms with van der Waals surface area (Å²) in [5, 5.41) is 6.31. The Balaban J connectivity index is 0.000000553. The predicted octanol–water partition coefficient (Wildman–Crippen LogP) is 8.36. The maximum atomic E-state index is 2.49. The van der Waals surface area contributed by atoms with Crippen LogP contribution in [0.5, 0.6) is 0 Å². The third-order valence-corrected chi connectivity index (χ3v) is 11.8. The maximum absolute atomic E-state index is 2.49. The molecule has 0 saturated carbocycles. The zero-order chi connectivity index (χ0) is 27.9. The van der Waals surface area contributed by atoms with E-state index in [4.69, 9.17) is 0 Å². The normalized spacial score (nSPS) is 12.0. The van der Waals surface area contributed by atoms with Crippen molar-refractivity contribution in [3.8, 4) is 22.3 Å². The van der Waals surface area contributed by atoms with Gasteiger partial charge in [-0.25, -0.2) is 0 Å². The van der Waals surface area contributed by atoms with Crippen molar-refractivity contribution in [3.05, 3.63) is 95.1 Å². The highest BCUT2D eigenvalue weighted by molar-refractivity contribution is 7.24. The molecular formula is C36H48Si. The fraction of sp³-hybridized carbons (Fsp3) is 0.333. The highest BCUT2D eigenvalue weighted by Gasteiger charge is 2.54. The van der Waals surface area contributed by atoms with Crippen LogP contribution in [0.25, 0.3) is 22.3 Å². The highest BCUT2D eigenvalue weighted by Crippen LogP contribution is 2.36. The molecule has 0 aliphatic carbocycles. The van der Waals surface area contributed by atoms with Crippen LogP contribution in [0.3, 0.4) is 0 Å². The summed E-state index contributed by atoms with van der Waals surface area (Å²) in [4.78, 5) is 0. The molecule has 0 unspecified atom stereocenters. The van der Waals surface area contributed by atoms with E-state index >= 15 is 0 Å². The first kappa shape index (κ1) is 30.3. The van der Waals surface area contributed by atoms with E-state index in [0.717, 1.165) is 0 Å². The summed E-state index contributed by atoms with van der Waals surface area (Å²) in [6, 6.07) is 28.5. The second-order valence-corrected chi connectivity index (χ2v) is 12.6. The zero-order valence-corrected chi connectivity index (χ0v) is 26.4. The van der Waals surface area contributed by atoms with Crippen LogP contribution in [-0.2, 0) is 0 Å². The van der Waals surface area contributed by atoms with Crippen molar-refractivity contribution >= 4 is 28.8 Å². The van der Waals surface area contributed by atoms with Crippen LogP contribution in [0.15, 0.2) is 72.8 Å². The average molecular weight is 509 g/mol. The quantitative estimate of drug-likeness (QED) is 0.181. The van der Waals surface area contributed by atoms with E-state index in [1.807, 2.05) is 55.4 Å². The van der Waals surface area contributed by atoms with Crippen molar-refractivity contribution < 1.29 is 0 Å². The molecule has 0 bridgehead atoms. The molecule has 1 spiro atoms. The molecule has 0 N–H and O–H groups in total. The Morgan fingerprint density at radius 1 is 0.324 bits per heavy atom. The van der Waals surface area contributed by atoms with E-state index in [1.165, 1.54) is 44.5 Å². The molecule has 2 heterocycles. The predicted molar refractivity (Wildman–Crippen MR) is 172 cm³/mol. The summed E-state index contributed by atoms with van der Waals surface area (Å²) < 4.78 is 0. The van der Waals surface area contributed by atoms with Gasteiger partial charge in [0.2, 0.25) is 0 Å². The molecular weight excluding hydrogens is 460 g/mol. The third kappa shape index (κ3) is 4.87. The van der Waals surface area contributed by atoms with Gasteiger partial charge >= 0.3 is 0 Å². The molecule has 0 fully saturated rings. The van der Waals surface area contributed by atoms with Gasteiger partial charge in [0.1, 0.15) is 0 Å². The monoisotopic (exact) mass is 508 g/mol. The molecule has 0 amide bonds. The topological polar surface area (TPSA) is 0 Å². The van der Waals surface area contributed by atoms with E-state index in [1.54, 1.807) is 20.7 Å². The number of hydrogen-bond acceptors (Lipinski definition) is 0. The molecule has 2 aliphatic heterocycles. The minimum Gasteiger partial charge on any atom is -0.0683 e. The van der Waals surface area contributed by atoms with Crippen LogP contribution in [0.2, 0.25) is 0 Å². The minimum absolute atomic E-state index is 1.36. The van der Waals surface area contributed by atoms with Crippen molar-refractivity contribution in [1.29, 1.82) is 0 Å². The molecule has 196 valence electrons. The maximum Gasteiger partial charge on any atom is 0.182 e. The van der Waals surface area contributed by atoms with Crippen LogP contribution in [0.1, 0.15) is 77.6 Å². The standard InChI is InChI=1S/C28H24Si.4C2H6/c1-17-5-9-21-22-10-6-18(2)14-26(22)29(25(21)13-17)27-15-19(3)7-11-23(27)24-12-8-20(4)16-28(24)29;4*1-2/h5-16H,1-4H3;4*1-2H3. The van der Waals surface area contributed by atoms with Crippen molar-refractivity contribution in [2.75, 3.05) is 0 Å². The van der Waals surface area contributed by atoms with Crippen molar-refractivity contribution in [1.82, 2.24) is 0 Å². The van der Waals surface area contributed by atoms with Gasteiger partial charge in [-0.1, -0.05) is 150 Å². The molecule has 6 rings (SSSR count). The Labute approximate surface area is 228 Å². The van der Waals surface area contributed by atoms with Gasteiger partial charge in [0.25, 0.3) is 0 Å². The molecule has 0 saturated heterocycles. The van der Waals surface area contributed by atoms with Gasteiger partial charge in [-0.2, -0.15) is 0 Å². The smallest absolute Gasteiger partial charge is 0.0683 e. The fourth-order valence-electron chi connectivity index (χ4n) is 5.68. The van der Waals surface area contributed by atoms with Crippen molar-refractivity contribution in [3.63, 3.8) is 0 Å². The Morgan fingerprint density at radius 3 is 0.703 bits per heavy atom. The van der Waals surface area contributed by atoms with Gasteiger partial charge in [0.15, 0.2) is 8.07 Å². The van der Waals surface area contributed by atoms with Crippen LogP contribution in [0, 0.1) is 27.7 Å². The lowest BCUT2D eigenvalue weighted by atomic mass is 10.0. The minimum atomic E-state index is -2.28. The number of benzene rings is 4. The zero-order valence-electron chi connectivity index (χ0n) is 25.4. The van der Waals surface area contributed by atoms with Crippen LogP contribution in [0.4, 0.5) is 0 Å². The van der Waals surface area contributed by atoms with Crippen LogP contribution >= 0.6 is 0 Å². The van der Waals surface area contributed by atoms with E-state index in [9.17, 15) is 0 Å². The summed E-state index contributed by atoms with van der Waals surface area (Å²) in [5.41, 5.74) is 11.2. The van der Waals surface area contributed by atoms with E-state index < -0.39 is 8.07 Å². The fourth-order valence-corrected chi connectivity index (χ4v) is 11.7. The van der Waals surface area contributed by atoms with Gasteiger partial charge in [-0.3, -0.25) is 0 Å². The summed E-state index contributed by atoms with van der Waals surface area (Å²) >= 11 is 0. The Hall–Kier alpha value is -2.90. The SMILES string of the molecule is CC.CC.CC.CC.Cc1ccc2c(c1)[Si]1(c3cc(C)ccc3-2)c2cc(C)ccc2-c2ccc(C)cc21. The summed E-state index contributed by atoms with van der Waals surface area (Å²) in [6.45, 7) is 24.9. The molecule has 1 heteroatoms. The lowest BCUT2D eigenvalue weighted by Gasteiger charge is -2.28. The number of aryl methyl sites for hydroxylation is 4.